The van der Waals surface area contributed by atoms with Crippen LogP contribution in [0.3, 0.4) is 0 Å². The summed E-state index contributed by atoms with van der Waals surface area (Å²) in [4.78, 5) is 0. The molecule has 0 radical (unpaired) electrons. The Morgan fingerprint density at radius 2 is 1.92 bits per heavy atom. The molecule has 1 aliphatic rings. The summed E-state index contributed by atoms with van der Waals surface area (Å²) in [6, 6.07) is 9.76. The van der Waals surface area contributed by atoms with E-state index in [-0.39, 0.29) is 6.10 Å². The topological polar surface area (TPSA) is 20.2 Å². The summed E-state index contributed by atoms with van der Waals surface area (Å²) < 4.78 is 0. The van der Waals surface area contributed by atoms with E-state index < -0.39 is 0 Å². The average Bonchev–Trinajstić information content (AvgIpc) is 2.83. The first-order chi connectivity index (χ1) is 5.79. The van der Waals surface area contributed by atoms with Crippen molar-refractivity contribution < 1.29 is 5.11 Å². The van der Waals surface area contributed by atoms with Crippen molar-refractivity contribution in [2.45, 2.75) is 12.5 Å². The number of benzene rings is 1. The molecule has 0 bridgehead atoms. The number of hydrogen-bond donors (Lipinski definition) is 1. The number of rotatable bonds is 2. The molecular formula is C11H12O. The van der Waals surface area contributed by atoms with Gasteiger partial charge in [-0.15, -0.1) is 0 Å². The molecule has 2 atom stereocenters. The van der Waals surface area contributed by atoms with Crippen LogP contribution in [0.5, 0.6) is 0 Å². The van der Waals surface area contributed by atoms with E-state index in [2.05, 4.69) is 6.58 Å². The Kier molecular flexibility index (Phi) is 1.74. The molecule has 12 heavy (non-hydrogen) atoms. The van der Waals surface area contributed by atoms with Crippen LogP contribution in [0.15, 0.2) is 42.5 Å². The van der Waals surface area contributed by atoms with Crippen molar-refractivity contribution in [3.8, 4) is 0 Å². The van der Waals surface area contributed by atoms with Gasteiger partial charge in [-0.3, -0.25) is 0 Å². The van der Waals surface area contributed by atoms with Crippen molar-refractivity contribution in [3.05, 3.63) is 48.0 Å². The average molecular weight is 160 g/mol. The fourth-order valence-electron chi connectivity index (χ4n) is 1.44. The van der Waals surface area contributed by atoms with Crippen molar-refractivity contribution in [3.63, 3.8) is 0 Å². The van der Waals surface area contributed by atoms with Gasteiger partial charge in [0.2, 0.25) is 0 Å². The minimum Gasteiger partial charge on any atom is -0.388 e. The molecule has 2 rings (SSSR count). The minimum absolute atomic E-state index is 0.312. The summed E-state index contributed by atoms with van der Waals surface area (Å²) in [5.74, 6) is 0.312. The molecule has 62 valence electrons. The zero-order valence-electron chi connectivity index (χ0n) is 6.90. The molecule has 0 spiro atoms. The summed E-state index contributed by atoms with van der Waals surface area (Å²) in [7, 11) is 0. The third-order valence-electron chi connectivity index (χ3n) is 2.37. The Morgan fingerprint density at radius 1 is 1.33 bits per heavy atom. The second kappa shape index (κ2) is 2.76. The summed E-state index contributed by atoms with van der Waals surface area (Å²) in [6.07, 6.45) is 0.648. The van der Waals surface area contributed by atoms with Crippen LogP contribution in [0.1, 0.15) is 18.1 Å². The van der Waals surface area contributed by atoms with Crippen molar-refractivity contribution in [1.82, 2.24) is 0 Å². The highest BCUT2D eigenvalue weighted by atomic mass is 16.3. The molecule has 0 aromatic heterocycles. The van der Waals surface area contributed by atoms with Crippen LogP contribution in [-0.2, 0) is 0 Å². The van der Waals surface area contributed by atoms with Crippen LogP contribution in [0, 0.1) is 5.92 Å². The van der Waals surface area contributed by atoms with Gasteiger partial charge in [-0.25, -0.2) is 0 Å². The Balaban J connectivity index is 2.15. The standard InChI is InChI=1S/C11H12O/c1-8-7-10(8)11(12)9-5-3-2-4-6-9/h2-6,10-12H,1,7H2. The molecule has 1 nitrogen and oxygen atoms in total. The quantitative estimate of drug-likeness (QED) is 0.658. The van der Waals surface area contributed by atoms with Crippen LogP contribution in [-0.4, -0.2) is 5.11 Å². The second-order valence-electron chi connectivity index (χ2n) is 3.32. The summed E-state index contributed by atoms with van der Waals surface area (Å²) in [5.41, 5.74) is 2.17. The first-order valence-corrected chi connectivity index (χ1v) is 4.19. The summed E-state index contributed by atoms with van der Waals surface area (Å²) in [5, 5.41) is 9.77. The maximum absolute atomic E-state index is 9.77. The lowest BCUT2D eigenvalue weighted by molar-refractivity contribution is 0.158. The molecule has 0 heterocycles. The van der Waals surface area contributed by atoms with Crippen molar-refractivity contribution in [2.24, 2.45) is 5.92 Å². The lowest BCUT2D eigenvalue weighted by Crippen LogP contribution is -1.98. The van der Waals surface area contributed by atoms with Gasteiger partial charge in [-0.05, 0) is 12.0 Å². The SMILES string of the molecule is C=C1CC1C(O)c1ccccc1. The fraction of sp³-hybridized carbons (Fsp3) is 0.273. The number of hydrogen-bond acceptors (Lipinski definition) is 1. The molecule has 1 aromatic rings. The van der Waals surface area contributed by atoms with E-state index in [1.54, 1.807) is 0 Å². The van der Waals surface area contributed by atoms with Crippen LogP contribution >= 0.6 is 0 Å². The predicted molar refractivity (Wildman–Crippen MR) is 48.6 cm³/mol. The second-order valence-corrected chi connectivity index (χ2v) is 3.32. The van der Waals surface area contributed by atoms with E-state index in [0.717, 1.165) is 12.0 Å². The monoisotopic (exact) mass is 160 g/mol. The van der Waals surface area contributed by atoms with Gasteiger partial charge in [0.15, 0.2) is 0 Å². The van der Waals surface area contributed by atoms with Gasteiger partial charge in [0, 0.05) is 5.92 Å². The van der Waals surface area contributed by atoms with Crippen LogP contribution in [0.2, 0.25) is 0 Å². The minimum atomic E-state index is -0.335. The molecule has 1 fully saturated rings. The van der Waals surface area contributed by atoms with Gasteiger partial charge in [-0.1, -0.05) is 42.5 Å². The molecule has 0 aliphatic heterocycles. The van der Waals surface area contributed by atoms with Crippen molar-refractivity contribution in [1.29, 1.82) is 0 Å². The van der Waals surface area contributed by atoms with E-state index >= 15 is 0 Å². The Morgan fingerprint density at radius 3 is 2.42 bits per heavy atom. The first kappa shape index (κ1) is 7.56. The molecule has 2 unspecified atom stereocenters. The fourth-order valence-corrected chi connectivity index (χ4v) is 1.44. The van der Waals surface area contributed by atoms with Gasteiger partial charge in [0.25, 0.3) is 0 Å². The molecule has 0 saturated heterocycles. The normalized spacial score (nSPS) is 23.8. The van der Waals surface area contributed by atoms with E-state index in [4.69, 9.17) is 0 Å². The van der Waals surface area contributed by atoms with E-state index in [1.165, 1.54) is 5.57 Å². The molecule has 1 N–H and O–H groups in total. The predicted octanol–water partition coefficient (Wildman–Crippen LogP) is 2.30. The highest BCUT2D eigenvalue weighted by molar-refractivity contribution is 5.28. The van der Waals surface area contributed by atoms with Crippen molar-refractivity contribution in [2.75, 3.05) is 0 Å². The Hall–Kier alpha value is -1.08. The van der Waals surface area contributed by atoms with Gasteiger partial charge in [0.1, 0.15) is 0 Å². The maximum atomic E-state index is 9.77. The highest BCUT2D eigenvalue weighted by Crippen LogP contribution is 2.45. The van der Waals surface area contributed by atoms with Gasteiger partial charge in [-0.2, -0.15) is 0 Å². The molecular weight excluding hydrogens is 148 g/mol. The smallest absolute Gasteiger partial charge is 0.0858 e. The lowest BCUT2D eigenvalue weighted by atomic mass is 10.1. The van der Waals surface area contributed by atoms with Gasteiger partial charge >= 0.3 is 0 Å². The highest BCUT2D eigenvalue weighted by Gasteiger charge is 2.34. The third-order valence-corrected chi connectivity index (χ3v) is 2.37. The van der Waals surface area contributed by atoms with E-state index in [1.807, 2.05) is 30.3 Å². The van der Waals surface area contributed by atoms with E-state index in [0.29, 0.717) is 5.92 Å². The molecule has 1 aromatic carbocycles. The lowest BCUT2D eigenvalue weighted by Gasteiger charge is -2.07. The zero-order chi connectivity index (χ0) is 8.55. The largest absolute Gasteiger partial charge is 0.388 e. The summed E-state index contributed by atoms with van der Waals surface area (Å²) >= 11 is 0. The zero-order valence-corrected chi connectivity index (χ0v) is 6.90. The maximum Gasteiger partial charge on any atom is 0.0858 e. The van der Waals surface area contributed by atoms with Crippen LogP contribution in [0.4, 0.5) is 0 Å². The first-order valence-electron chi connectivity index (χ1n) is 4.19. The molecule has 0 amide bonds. The Bertz CT molecular complexity index is 289. The molecule has 1 aliphatic carbocycles. The van der Waals surface area contributed by atoms with Crippen LogP contribution in [0.25, 0.3) is 0 Å². The number of aliphatic hydroxyl groups excluding tert-OH is 1. The Labute approximate surface area is 72.4 Å². The van der Waals surface area contributed by atoms with Gasteiger partial charge < -0.3 is 5.11 Å². The van der Waals surface area contributed by atoms with Gasteiger partial charge in [0.05, 0.1) is 6.10 Å². The van der Waals surface area contributed by atoms with Crippen molar-refractivity contribution >= 4 is 0 Å². The van der Waals surface area contributed by atoms with E-state index in [9.17, 15) is 5.11 Å². The summed E-state index contributed by atoms with van der Waals surface area (Å²) in [6.45, 7) is 3.83. The number of aliphatic hydroxyl groups is 1. The van der Waals surface area contributed by atoms with Crippen LogP contribution < -0.4 is 0 Å². The molecule has 1 heteroatoms. The third kappa shape index (κ3) is 1.28. The molecule has 1 saturated carbocycles.